The first kappa shape index (κ1) is 11.6. The van der Waals surface area contributed by atoms with Gasteiger partial charge in [-0.1, -0.05) is 37.1 Å². The van der Waals surface area contributed by atoms with Crippen LogP contribution in [0.2, 0.25) is 0 Å². The Bertz CT molecular complexity index is 232. The molecule has 2 unspecified atom stereocenters. The third-order valence-electron chi connectivity index (χ3n) is 3.10. The summed E-state index contributed by atoms with van der Waals surface area (Å²) in [4.78, 5) is 0. The van der Waals surface area contributed by atoms with Crippen LogP contribution in [0.5, 0.6) is 0 Å². The summed E-state index contributed by atoms with van der Waals surface area (Å²) in [6, 6.07) is 0. The van der Waals surface area contributed by atoms with Gasteiger partial charge < -0.3 is 0 Å². The Hall–Kier alpha value is -0.520. The highest BCUT2D eigenvalue weighted by atomic mass is 14.1. The summed E-state index contributed by atoms with van der Waals surface area (Å²) < 4.78 is 0. The van der Waals surface area contributed by atoms with Crippen molar-refractivity contribution in [2.45, 2.75) is 53.4 Å². The second-order valence-corrected chi connectivity index (χ2v) is 5.12. The van der Waals surface area contributed by atoms with Crippen LogP contribution in [0.1, 0.15) is 53.4 Å². The lowest BCUT2D eigenvalue weighted by Gasteiger charge is -1.95. The largest absolute Gasteiger partial charge is 0.0853 e. The van der Waals surface area contributed by atoms with E-state index < -0.39 is 0 Å². The molecule has 2 aliphatic carbocycles. The molecule has 0 bridgehead atoms. The summed E-state index contributed by atoms with van der Waals surface area (Å²) in [5, 5.41) is 0. The van der Waals surface area contributed by atoms with Gasteiger partial charge in [-0.3, -0.25) is 0 Å². The maximum atomic E-state index is 2.36. The Morgan fingerprint density at radius 3 is 2.00 bits per heavy atom. The van der Waals surface area contributed by atoms with E-state index in [0.717, 1.165) is 11.8 Å². The lowest BCUT2D eigenvalue weighted by atomic mass is 10.1. The van der Waals surface area contributed by atoms with Crippen molar-refractivity contribution in [2.24, 2.45) is 11.8 Å². The van der Waals surface area contributed by atoms with Gasteiger partial charge in [0.15, 0.2) is 0 Å². The number of hydrogen-bond donors (Lipinski definition) is 0. The maximum Gasteiger partial charge on any atom is -0.0256 e. The molecule has 0 saturated heterocycles. The van der Waals surface area contributed by atoms with E-state index in [1.165, 1.54) is 25.7 Å². The molecule has 0 spiro atoms. The molecule has 0 fully saturated rings. The minimum atomic E-state index is 0.861. The van der Waals surface area contributed by atoms with Gasteiger partial charge in [0.05, 0.1) is 0 Å². The van der Waals surface area contributed by atoms with Crippen molar-refractivity contribution in [3.05, 3.63) is 23.3 Å². The quantitative estimate of drug-likeness (QED) is 0.487. The third kappa shape index (κ3) is 4.13. The molecule has 0 nitrogen and oxygen atoms in total. The van der Waals surface area contributed by atoms with Crippen molar-refractivity contribution in [1.29, 1.82) is 0 Å². The first-order valence-electron chi connectivity index (χ1n) is 5.91. The minimum Gasteiger partial charge on any atom is -0.0853 e. The Labute approximate surface area is 89.1 Å². The minimum absolute atomic E-state index is 0.861. The van der Waals surface area contributed by atoms with Crippen LogP contribution in [0, 0.1) is 11.8 Å². The fourth-order valence-corrected chi connectivity index (χ4v) is 2.23. The highest BCUT2D eigenvalue weighted by Gasteiger charge is 2.06. The van der Waals surface area contributed by atoms with E-state index in [1.54, 1.807) is 11.1 Å². The van der Waals surface area contributed by atoms with Crippen LogP contribution in [-0.4, -0.2) is 0 Å². The SMILES string of the molecule is CC1=CC(C)CC1.CC1=CCC(C)C1. The highest BCUT2D eigenvalue weighted by Crippen LogP contribution is 2.22. The molecule has 0 N–H and O–H groups in total. The van der Waals surface area contributed by atoms with Gasteiger partial charge in [0.25, 0.3) is 0 Å². The number of rotatable bonds is 0. The van der Waals surface area contributed by atoms with Crippen molar-refractivity contribution >= 4 is 0 Å². The van der Waals surface area contributed by atoms with Crippen LogP contribution in [0.4, 0.5) is 0 Å². The smallest absolute Gasteiger partial charge is 0.0256 e. The monoisotopic (exact) mass is 192 g/mol. The number of allylic oxidation sites excluding steroid dienone is 4. The Morgan fingerprint density at radius 1 is 1.14 bits per heavy atom. The molecule has 14 heavy (non-hydrogen) atoms. The Kier molecular flexibility index (Phi) is 4.44. The van der Waals surface area contributed by atoms with Crippen LogP contribution in [0.15, 0.2) is 23.3 Å². The molecular weight excluding hydrogens is 168 g/mol. The van der Waals surface area contributed by atoms with Crippen LogP contribution in [-0.2, 0) is 0 Å². The predicted molar refractivity (Wildman–Crippen MR) is 64.3 cm³/mol. The fourth-order valence-electron chi connectivity index (χ4n) is 2.23. The average molecular weight is 192 g/mol. The molecule has 80 valence electrons. The lowest BCUT2D eigenvalue weighted by Crippen LogP contribution is -1.82. The van der Waals surface area contributed by atoms with Gasteiger partial charge in [0.2, 0.25) is 0 Å². The van der Waals surface area contributed by atoms with Crippen molar-refractivity contribution in [3.63, 3.8) is 0 Å². The van der Waals surface area contributed by atoms with Crippen molar-refractivity contribution in [1.82, 2.24) is 0 Å². The molecule has 2 rings (SSSR count). The zero-order chi connectivity index (χ0) is 10.6. The third-order valence-corrected chi connectivity index (χ3v) is 3.10. The molecule has 0 saturated carbocycles. The van der Waals surface area contributed by atoms with E-state index in [-0.39, 0.29) is 0 Å². The predicted octanol–water partition coefficient (Wildman–Crippen LogP) is 4.73. The summed E-state index contributed by atoms with van der Waals surface area (Å²) in [5.41, 5.74) is 3.15. The molecule has 0 aliphatic heterocycles. The molecular formula is C14H24. The summed E-state index contributed by atoms with van der Waals surface area (Å²) in [6.07, 6.45) is 10.1. The summed E-state index contributed by atoms with van der Waals surface area (Å²) in [6.45, 7) is 9.00. The van der Waals surface area contributed by atoms with Crippen LogP contribution >= 0.6 is 0 Å². The molecule has 2 aliphatic rings. The van der Waals surface area contributed by atoms with Gasteiger partial charge in [-0.05, 0) is 51.4 Å². The summed E-state index contributed by atoms with van der Waals surface area (Å²) >= 11 is 0. The standard InChI is InChI=1S/2C7H12/c2*1-6-3-4-7(2)5-6/h5-6H,3-4H2,1-2H3;3,7H,4-5H2,1-2H3. The molecule has 0 radical (unpaired) electrons. The number of hydrogen-bond acceptors (Lipinski definition) is 0. The zero-order valence-electron chi connectivity index (χ0n) is 10.1. The first-order valence-corrected chi connectivity index (χ1v) is 5.91. The Balaban J connectivity index is 0.000000140. The molecule has 0 aromatic heterocycles. The van der Waals surface area contributed by atoms with Crippen LogP contribution in [0.3, 0.4) is 0 Å². The molecule has 2 atom stereocenters. The lowest BCUT2D eigenvalue weighted by molar-refractivity contribution is 0.628. The molecule has 0 amide bonds. The van der Waals surface area contributed by atoms with E-state index in [2.05, 4.69) is 39.8 Å². The second kappa shape index (κ2) is 5.38. The van der Waals surface area contributed by atoms with Gasteiger partial charge in [-0.25, -0.2) is 0 Å². The topological polar surface area (TPSA) is 0 Å². The summed E-state index contributed by atoms with van der Waals surface area (Å²) in [7, 11) is 0. The highest BCUT2D eigenvalue weighted by molar-refractivity contribution is 5.06. The normalized spacial score (nSPS) is 30.6. The van der Waals surface area contributed by atoms with Crippen LogP contribution < -0.4 is 0 Å². The average Bonchev–Trinajstić information content (AvgIpc) is 2.63. The molecule has 0 heterocycles. The zero-order valence-corrected chi connectivity index (χ0v) is 10.1. The van der Waals surface area contributed by atoms with Gasteiger partial charge in [0.1, 0.15) is 0 Å². The van der Waals surface area contributed by atoms with Crippen molar-refractivity contribution < 1.29 is 0 Å². The maximum absolute atomic E-state index is 2.36. The van der Waals surface area contributed by atoms with E-state index in [0.29, 0.717) is 0 Å². The fraction of sp³-hybridized carbons (Fsp3) is 0.714. The van der Waals surface area contributed by atoms with E-state index in [4.69, 9.17) is 0 Å². The Morgan fingerprint density at radius 2 is 1.86 bits per heavy atom. The van der Waals surface area contributed by atoms with Crippen molar-refractivity contribution in [2.75, 3.05) is 0 Å². The molecule has 0 aromatic carbocycles. The van der Waals surface area contributed by atoms with E-state index in [1.807, 2.05) is 0 Å². The summed E-state index contributed by atoms with van der Waals surface area (Å²) in [5.74, 6) is 1.79. The van der Waals surface area contributed by atoms with E-state index >= 15 is 0 Å². The van der Waals surface area contributed by atoms with E-state index in [9.17, 15) is 0 Å². The molecule has 0 heteroatoms. The first-order chi connectivity index (χ1) is 6.58. The second-order valence-electron chi connectivity index (χ2n) is 5.12. The van der Waals surface area contributed by atoms with Gasteiger partial charge in [0, 0.05) is 0 Å². The van der Waals surface area contributed by atoms with Gasteiger partial charge >= 0.3 is 0 Å². The van der Waals surface area contributed by atoms with Crippen molar-refractivity contribution in [3.8, 4) is 0 Å². The van der Waals surface area contributed by atoms with Crippen LogP contribution in [0.25, 0.3) is 0 Å². The molecule has 0 aromatic rings. The van der Waals surface area contributed by atoms with Gasteiger partial charge in [-0.2, -0.15) is 0 Å². The van der Waals surface area contributed by atoms with Gasteiger partial charge in [-0.15, -0.1) is 0 Å².